The summed E-state index contributed by atoms with van der Waals surface area (Å²) < 4.78 is 12.3. The van der Waals surface area contributed by atoms with Crippen molar-refractivity contribution in [2.75, 3.05) is 13.1 Å². The van der Waals surface area contributed by atoms with Crippen LogP contribution in [-0.4, -0.2) is 35.3 Å². The van der Waals surface area contributed by atoms with Crippen molar-refractivity contribution in [3.05, 3.63) is 101 Å². The molecule has 0 N–H and O–H groups in total. The molecule has 1 amide bonds. The number of likely N-dealkylation sites (tertiary alicyclic amines) is 1. The van der Waals surface area contributed by atoms with Gasteiger partial charge in [0.15, 0.2) is 5.78 Å². The smallest absolute Gasteiger partial charge is 0.246 e. The molecule has 5 rings (SSSR count). The summed E-state index contributed by atoms with van der Waals surface area (Å²) in [7, 11) is 0. The second kappa shape index (κ2) is 10.0. The first-order chi connectivity index (χ1) is 17.4. The minimum atomic E-state index is -0.514. The van der Waals surface area contributed by atoms with Crippen molar-refractivity contribution in [1.29, 1.82) is 0 Å². The summed E-state index contributed by atoms with van der Waals surface area (Å²) in [5, 5.41) is 0. The van der Waals surface area contributed by atoms with Gasteiger partial charge in [-0.3, -0.25) is 9.59 Å². The van der Waals surface area contributed by atoms with E-state index in [4.69, 9.17) is 9.47 Å². The number of hydrogen-bond donors (Lipinski definition) is 0. The number of nitrogens with zero attached hydrogens (tertiary/aromatic N) is 1. The van der Waals surface area contributed by atoms with E-state index in [0.29, 0.717) is 50.3 Å². The third-order valence-electron chi connectivity index (χ3n) is 7.05. The van der Waals surface area contributed by atoms with Crippen molar-refractivity contribution in [1.82, 2.24) is 4.90 Å². The van der Waals surface area contributed by atoms with Gasteiger partial charge in [0.1, 0.15) is 23.7 Å². The van der Waals surface area contributed by atoms with Gasteiger partial charge in [-0.05, 0) is 60.4 Å². The number of rotatable bonds is 5. The molecule has 2 heterocycles. The summed E-state index contributed by atoms with van der Waals surface area (Å²) in [5.74, 6) is 1.62. The van der Waals surface area contributed by atoms with Gasteiger partial charge in [0.05, 0.1) is 12.0 Å². The minimum Gasteiger partial charge on any atom is -0.489 e. The Balaban J connectivity index is 1.15. The van der Waals surface area contributed by atoms with Gasteiger partial charge >= 0.3 is 0 Å². The first kappa shape index (κ1) is 23.9. The SMILES string of the molecule is Cc1cc(C)c2c(c1)C(=O)CC1(CCN(C(=O)/C=C/c3ccc(OCc4ccccc4)cc3)CC1)O2. The second-order valence-corrected chi connectivity index (χ2v) is 9.85. The maximum atomic E-state index is 12.9. The van der Waals surface area contributed by atoms with Gasteiger partial charge in [-0.15, -0.1) is 0 Å². The van der Waals surface area contributed by atoms with Crippen LogP contribution in [0.15, 0.2) is 72.8 Å². The number of ether oxygens (including phenoxy) is 2. The number of piperidine rings is 1. The maximum Gasteiger partial charge on any atom is 0.246 e. The molecule has 0 radical (unpaired) electrons. The Kier molecular flexibility index (Phi) is 6.64. The lowest BCUT2D eigenvalue weighted by Gasteiger charge is -2.44. The molecule has 5 heteroatoms. The Morgan fingerprint density at radius 1 is 1.03 bits per heavy atom. The number of benzene rings is 3. The molecule has 1 saturated heterocycles. The molecule has 0 unspecified atom stereocenters. The molecule has 3 aromatic rings. The first-order valence-electron chi connectivity index (χ1n) is 12.5. The van der Waals surface area contributed by atoms with E-state index >= 15 is 0 Å². The van der Waals surface area contributed by atoms with Crippen LogP contribution >= 0.6 is 0 Å². The number of carbonyl (C=O) groups is 2. The highest BCUT2D eigenvalue weighted by atomic mass is 16.5. The predicted molar refractivity (Wildman–Crippen MR) is 140 cm³/mol. The molecule has 0 aliphatic carbocycles. The quantitative estimate of drug-likeness (QED) is 0.425. The molecule has 36 heavy (non-hydrogen) atoms. The van der Waals surface area contributed by atoms with Gasteiger partial charge in [0.2, 0.25) is 5.91 Å². The Morgan fingerprint density at radius 3 is 2.47 bits per heavy atom. The average molecular weight is 482 g/mol. The summed E-state index contributed by atoms with van der Waals surface area (Å²) in [4.78, 5) is 27.6. The lowest BCUT2D eigenvalue weighted by Crippen LogP contribution is -2.52. The van der Waals surface area contributed by atoms with E-state index in [-0.39, 0.29) is 11.7 Å². The van der Waals surface area contributed by atoms with Crippen LogP contribution in [0, 0.1) is 13.8 Å². The molecule has 0 aromatic heterocycles. The number of fused-ring (bicyclic) bond motifs is 1. The zero-order valence-corrected chi connectivity index (χ0v) is 20.8. The van der Waals surface area contributed by atoms with Crippen molar-refractivity contribution in [2.45, 2.75) is 45.3 Å². The normalized spacial score (nSPS) is 16.6. The molecule has 1 spiro atoms. The number of Topliss-reactive ketones (excluding diaryl/α,β-unsaturated/α-hetero) is 1. The van der Waals surface area contributed by atoms with E-state index in [1.165, 1.54) is 0 Å². The van der Waals surface area contributed by atoms with Gasteiger partial charge in [-0.1, -0.05) is 48.5 Å². The first-order valence-corrected chi connectivity index (χ1v) is 12.5. The number of hydrogen-bond acceptors (Lipinski definition) is 4. The van der Waals surface area contributed by atoms with Gasteiger partial charge < -0.3 is 14.4 Å². The van der Waals surface area contributed by atoms with Crippen LogP contribution in [0.4, 0.5) is 0 Å². The lowest BCUT2D eigenvalue weighted by molar-refractivity contribution is -0.129. The molecule has 0 bridgehead atoms. The fourth-order valence-electron chi connectivity index (χ4n) is 5.04. The van der Waals surface area contributed by atoms with E-state index in [1.54, 1.807) is 6.08 Å². The topological polar surface area (TPSA) is 55.8 Å². The van der Waals surface area contributed by atoms with Crippen molar-refractivity contribution in [3.8, 4) is 11.5 Å². The van der Waals surface area contributed by atoms with Crippen molar-refractivity contribution in [3.63, 3.8) is 0 Å². The molecule has 0 saturated carbocycles. The number of amides is 1. The molecule has 1 fully saturated rings. The number of aryl methyl sites for hydroxylation is 2. The molecule has 5 nitrogen and oxygen atoms in total. The lowest BCUT2D eigenvalue weighted by atomic mass is 9.81. The maximum absolute atomic E-state index is 12.9. The van der Waals surface area contributed by atoms with E-state index < -0.39 is 5.60 Å². The van der Waals surface area contributed by atoms with Crippen molar-refractivity contribution in [2.24, 2.45) is 0 Å². The zero-order valence-electron chi connectivity index (χ0n) is 20.8. The minimum absolute atomic E-state index is 0.0244. The summed E-state index contributed by atoms with van der Waals surface area (Å²) >= 11 is 0. The highest BCUT2D eigenvalue weighted by Crippen LogP contribution is 2.41. The van der Waals surface area contributed by atoms with E-state index in [9.17, 15) is 9.59 Å². The van der Waals surface area contributed by atoms with Gasteiger partial charge in [-0.2, -0.15) is 0 Å². The zero-order chi connectivity index (χ0) is 25.1. The Hall–Kier alpha value is -3.86. The molecule has 3 aromatic carbocycles. The fraction of sp³-hybridized carbons (Fsp3) is 0.290. The molecule has 0 atom stereocenters. The van der Waals surface area contributed by atoms with Gasteiger partial charge in [0, 0.05) is 32.0 Å². The van der Waals surface area contributed by atoms with Crippen molar-refractivity contribution < 1.29 is 19.1 Å². The highest BCUT2D eigenvalue weighted by Gasteiger charge is 2.44. The Bertz CT molecular complexity index is 1290. The largest absolute Gasteiger partial charge is 0.489 e. The summed E-state index contributed by atoms with van der Waals surface area (Å²) in [6.45, 7) is 5.65. The van der Waals surface area contributed by atoms with Crippen LogP contribution < -0.4 is 9.47 Å². The van der Waals surface area contributed by atoms with Crippen LogP contribution in [0.3, 0.4) is 0 Å². The number of carbonyl (C=O) groups excluding carboxylic acids is 2. The standard InChI is InChI=1S/C31H31NO4/c1-22-18-23(2)30-27(19-22)28(33)20-31(36-30)14-16-32(17-15-31)29(34)13-10-24-8-11-26(12-9-24)35-21-25-6-4-3-5-7-25/h3-13,18-19H,14-17,20-21H2,1-2H3/b13-10+. The highest BCUT2D eigenvalue weighted by molar-refractivity contribution is 6.01. The van der Waals surface area contributed by atoms with E-state index in [2.05, 4.69) is 6.07 Å². The molecule has 184 valence electrons. The Morgan fingerprint density at radius 2 is 1.75 bits per heavy atom. The molecule has 2 aliphatic heterocycles. The second-order valence-electron chi connectivity index (χ2n) is 9.85. The Labute approximate surface area is 212 Å². The molecule has 2 aliphatic rings. The molecular weight excluding hydrogens is 450 g/mol. The molecular formula is C31H31NO4. The van der Waals surface area contributed by atoms with E-state index in [0.717, 1.165) is 28.0 Å². The van der Waals surface area contributed by atoms with Crippen LogP contribution in [-0.2, 0) is 11.4 Å². The van der Waals surface area contributed by atoms with Crippen molar-refractivity contribution >= 4 is 17.8 Å². The van der Waals surface area contributed by atoms with Crippen LogP contribution in [0.2, 0.25) is 0 Å². The van der Waals surface area contributed by atoms with Crippen LogP contribution in [0.1, 0.15) is 51.9 Å². The number of ketones is 1. The summed E-state index contributed by atoms with van der Waals surface area (Å²) in [6.07, 6.45) is 5.12. The van der Waals surface area contributed by atoms with E-state index in [1.807, 2.05) is 85.5 Å². The summed E-state index contributed by atoms with van der Waals surface area (Å²) in [6, 6.07) is 21.7. The predicted octanol–water partition coefficient (Wildman–Crippen LogP) is 5.92. The average Bonchev–Trinajstić information content (AvgIpc) is 2.89. The summed E-state index contributed by atoms with van der Waals surface area (Å²) in [5.41, 5.74) is 4.30. The van der Waals surface area contributed by atoms with Crippen LogP contribution in [0.5, 0.6) is 11.5 Å². The third-order valence-corrected chi connectivity index (χ3v) is 7.05. The van der Waals surface area contributed by atoms with Gasteiger partial charge in [0.25, 0.3) is 0 Å². The third kappa shape index (κ3) is 5.20. The van der Waals surface area contributed by atoms with Gasteiger partial charge in [-0.25, -0.2) is 0 Å². The van der Waals surface area contributed by atoms with Crippen LogP contribution in [0.25, 0.3) is 6.08 Å². The fourth-order valence-corrected chi connectivity index (χ4v) is 5.04. The monoisotopic (exact) mass is 481 g/mol.